The number of benzene rings is 2. The number of methoxy groups -OCH3 is 1. The van der Waals surface area contributed by atoms with E-state index < -0.39 is 41.3 Å². The minimum atomic E-state index is -4.93. The number of Topliss-reactive ketones (excluding diaryl/α,β-unsaturated/α-hetero) is 1. The van der Waals surface area contributed by atoms with Crippen molar-refractivity contribution in [1.82, 2.24) is 23.6 Å². The molecule has 2 aromatic heterocycles. The number of esters is 1. The van der Waals surface area contributed by atoms with Crippen LogP contribution in [0.2, 0.25) is 0 Å². The first-order chi connectivity index (χ1) is 27.0. The van der Waals surface area contributed by atoms with E-state index in [-0.39, 0.29) is 61.8 Å². The van der Waals surface area contributed by atoms with Crippen LogP contribution in [0.1, 0.15) is 98.3 Å². The third kappa shape index (κ3) is 21.9. The maximum Gasteiger partial charge on any atom is 0.573 e. The van der Waals surface area contributed by atoms with Gasteiger partial charge in [-0.05, 0) is 77.0 Å². The second kappa shape index (κ2) is 27.7. The summed E-state index contributed by atoms with van der Waals surface area (Å²) in [7, 11) is 1.44. The van der Waals surface area contributed by atoms with Crippen molar-refractivity contribution in [3.05, 3.63) is 71.3 Å². The number of halogens is 7. The number of carbonyl (C=O) groups is 4. The van der Waals surface area contributed by atoms with Gasteiger partial charge in [0.1, 0.15) is 18.1 Å². The molecular formula is C36H48ClF6N7O8S2. The number of nitrogens with two attached hydrogens (primary N) is 1. The quantitative estimate of drug-likeness (QED) is 0.0557. The Morgan fingerprint density at radius 3 is 1.68 bits per heavy atom. The Balaban J connectivity index is 0. The van der Waals surface area contributed by atoms with Gasteiger partial charge in [-0.3, -0.25) is 24.6 Å². The molecule has 0 atom stereocenters. The monoisotopic (exact) mass is 919 g/mol. The van der Waals surface area contributed by atoms with Gasteiger partial charge in [-0.15, -0.1) is 26.3 Å². The van der Waals surface area contributed by atoms with Gasteiger partial charge >= 0.3 is 18.7 Å². The number of rotatable bonds is 13. The van der Waals surface area contributed by atoms with Gasteiger partial charge < -0.3 is 24.7 Å². The van der Waals surface area contributed by atoms with Gasteiger partial charge in [0.15, 0.2) is 5.13 Å². The van der Waals surface area contributed by atoms with E-state index in [9.17, 15) is 45.5 Å². The van der Waals surface area contributed by atoms with Crippen LogP contribution in [0.15, 0.2) is 48.5 Å². The number of aromatic nitrogens is 4. The van der Waals surface area contributed by atoms with Crippen molar-refractivity contribution in [2.45, 2.75) is 81.2 Å². The first-order valence-corrected chi connectivity index (χ1v) is 18.5. The van der Waals surface area contributed by atoms with Gasteiger partial charge in [-0.1, -0.05) is 46.0 Å². The maximum atomic E-state index is 12.4. The first-order valence-electron chi connectivity index (χ1n) is 16.6. The average Bonchev–Trinajstić information content (AvgIpc) is 3.77. The molecule has 4 rings (SSSR count). The molecular weight excluding hydrogens is 872 g/mol. The van der Waals surface area contributed by atoms with E-state index in [4.69, 9.17) is 17.3 Å². The highest BCUT2D eigenvalue weighted by atomic mass is 35.5. The van der Waals surface area contributed by atoms with Crippen molar-refractivity contribution in [2.24, 2.45) is 0 Å². The zero-order valence-electron chi connectivity index (χ0n) is 31.9. The van der Waals surface area contributed by atoms with Gasteiger partial charge in [0.25, 0.3) is 17.0 Å². The second-order valence-electron chi connectivity index (χ2n) is 11.3. The molecule has 2 heterocycles. The molecule has 0 unspecified atom stereocenters. The smallest absolute Gasteiger partial charge is 0.460 e. The Labute approximate surface area is 356 Å². The lowest BCUT2D eigenvalue weighted by molar-refractivity contribution is -0.275. The Morgan fingerprint density at radius 2 is 1.28 bits per heavy atom. The minimum absolute atomic E-state index is 0. The number of alkyl halides is 6. The summed E-state index contributed by atoms with van der Waals surface area (Å²) in [5.74, 6) is -3.28. The lowest BCUT2D eigenvalue weighted by atomic mass is 10.2. The van der Waals surface area contributed by atoms with Gasteiger partial charge in [0, 0.05) is 42.3 Å². The molecule has 336 valence electrons. The maximum absolute atomic E-state index is 12.4. The molecule has 0 bridgehead atoms. The lowest BCUT2D eigenvalue weighted by Crippen LogP contribution is -2.36. The van der Waals surface area contributed by atoms with Gasteiger partial charge in [0.2, 0.25) is 16.7 Å². The Kier molecular flexibility index (Phi) is 26.4. The van der Waals surface area contributed by atoms with Crippen LogP contribution in [0.3, 0.4) is 0 Å². The summed E-state index contributed by atoms with van der Waals surface area (Å²) in [5.41, 5.74) is 4.61. The summed E-state index contributed by atoms with van der Waals surface area (Å²) in [6.07, 6.45) is -9.77. The predicted molar refractivity (Wildman–Crippen MR) is 217 cm³/mol. The van der Waals surface area contributed by atoms with Gasteiger partial charge in [-0.25, -0.2) is 4.79 Å². The fourth-order valence-electron chi connectivity index (χ4n) is 4.30. The number of amides is 1. The molecule has 60 heavy (non-hydrogen) atoms. The number of nitrogens with zero attached hydrogens (tertiary/aromatic N) is 5. The van der Waals surface area contributed by atoms with Crippen molar-refractivity contribution in [2.75, 3.05) is 37.9 Å². The summed E-state index contributed by atoms with van der Waals surface area (Å²) in [6.45, 7) is 14.1. The van der Waals surface area contributed by atoms with Crippen molar-refractivity contribution in [1.29, 1.82) is 0 Å². The molecule has 15 nitrogen and oxygen atoms in total. The number of nitrogen functional groups attached to an aromatic ring is 1. The third-order valence-corrected chi connectivity index (χ3v) is 7.82. The van der Waals surface area contributed by atoms with Crippen LogP contribution in [-0.4, -0.2) is 98.2 Å². The number of anilines is 2. The third-order valence-electron chi connectivity index (χ3n) is 6.44. The lowest BCUT2D eigenvalue weighted by Gasteiger charge is -2.28. The molecule has 2 aromatic carbocycles. The van der Waals surface area contributed by atoms with Crippen LogP contribution in [0.25, 0.3) is 0 Å². The van der Waals surface area contributed by atoms with Crippen molar-refractivity contribution in [3.63, 3.8) is 0 Å². The number of hydrogen-bond acceptors (Lipinski definition) is 16. The molecule has 0 aliphatic heterocycles. The molecule has 0 aliphatic carbocycles. The summed E-state index contributed by atoms with van der Waals surface area (Å²) < 4.78 is 96.6. The number of para-hydroxylation sites is 2. The van der Waals surface area contributed by atoms with Crippen LogP contribution in [-0.2, 0) is 9.47 Å². The fourth-order valence-corrected chi connectivity index (χ4v) is 5.46. The molecule has 0 fully saturated rings. The molecule has 0 radical (unpaired) electrons. The van der Waals surface area contributed by atoms with E-state index in [0.29, 0.717) is 28.7 Å². The van der Waals surface area contributed by atoms with Crippen LogP contribution in [0, 0.1) is 0 Å². The molecule has 24 heteroatoms. The Morgan fingerprint density at radius 1 is 0.800 bits per heavy atom. The van der Waals surface area contributed by atoms with E-state index in [2.05, 4.69) is 82.5 Å². The highest BCUT2D eigenvalue weighted by Crippen LogP contribution is 2.28. The minimum Gasteiger partial charge on any atom is -0.460 e. The zero-order chi connectivity index (χ0) is 44.2. The van der Waals surface area contributed by atoms with E-state index in [1.807, 2.05) is 0 Å². The van der Waals surface area contributed by atoms with Crippen LogP contribution in [0.5, 0.6) is 11.5 Å². The van der Waals surface area contributed by atoms with Crippen molar-refractivity contribution >= 4 is 67.8 Å². The molecule has 0 saturated carbocycles. The van der Waals surface area contributed by atoms with E-state index >= 15 is 0 Å². The molecule has 0 saturated heterocycles. The summed E-state index contributed by atoms with van der Waals surface area (Å²) in [6, 6.07) is 11.1. The Bertz CT molecular complexity index is 1910. The van der Waals surface area contributed by atoms with Gasteiger partial charge in [0.05, 0.1) is 17.7 Å². The average molecular weight is 920 g/mol. The second-order valence-corrected chi connectivity index (χ2v) is 13.2. The van der Waals surface area contributed by atoms with Crippen LogP contribution >= 0.6 is 34.7 Å². The normalized spacial score (nSPS) is 10.6. The molecule has 3 N–H and O–H groups in total. The molecule has 0 spiro atoms. The van der Waals surface area contributed by atoms with E-state index in [1.54, 1.807) is 6.92 Å². The van der Waals surface area contributed by atoms with Gasteiger partial charge in [-0.2, -0.15) is 18.7 Å². The van der Waals surface area contributed by atoms with E-state index in [0.717, 1.165) is 42.3 Å². The summed E-state index contributed by atoms with van der Waals surface area (Å²) in [5, 5.41) is 1.49. The topological polar surface area (TPSA) is 198 Å². The van der Waals surface area contributed by atoms with E-state index in [1.165, 1.54) is 31.4 Å². The molecule has 0 aliphatic rings. The number of hydrogen-bond donors (Lipinski definition) is 2. The Hall–Kier alpha value is -4.97. The number of nitrogens with one attached hydrogen (secondary N) is 1. The van der Waals surface area contributed by atoms with Crippen molar-refractivity contribution < 1.29 is 64.5 Å². The number of carbonyl (C=O) groups excluding carboxylic acids is 4. The standard InChI is InChI=1S/C13H10F3N3O4S.C8H4ClF3O2.C8H19N.C5H7N3O2S.2CH4/c1-2-22-11(21)9-17-12(24-19-9)18-10(20)7-5-3-4-6-8(7)23-13(14,15)16;9-7(13)5-3-1-2-4-6(5)14-8(10,11)12;1-6-9(7(2)3)8(4)5;1-10-2-3(9)4-7-5(6)11-8-4;;/h3-6H,2H2,1H3,(H,17,18,19,20);1-4H;7-8H,6H2,1-5H3;2H2,1H3,(H2,6,7,8);2*1H4. The predicted octanol–water partition coefficient (Wildman–Crippen LogP) is 9.18. The highest BCUT2D eigenvalue weighted by molar-refractivity contribution is 7.10. The first kappa shape index (κ1) is 57.1. The molecule has 4 aromatic rings. The fraction of sp³-hybridized carbons (Fsp3) is 0.444. The highest BCUT2D eigenvalue weighted by Gasteiger charge is 2.33. The zero-order valence-corrected chi connectivity index (χ0v) is 34.3. The number of ether oxygens (including phenoxy) is 4. The summed E-state index contributed by atoms with van der Waals surface area (Å²) in [4.78, 5) is 55.0. The number of ketones is 1. The van der Waals surface area contributed by atoms with Crippen LogP contribution < -0.4 is 20.5 Å². The largest absolute Gasteiger partial charge is 0.573 e. The van der Waals surface area contributed by atoms with Crippen molar-refractivity contribution in [3.8, 4) is 11.5 Å². The summed E-state index contributed by atoms with van der Waals surface area (Å²) >= 11 is 6.74. The molecule has 1 amide bonds. The SMILES string of the molecule is C.C.CCN(C(C)C)C(C)C.CCOC(=O)c1nsc(NC(=O)c2ccccc2OC(F)(F)F)n1.COCC(=O)c1nsc(N)n1.O=C(Cl)c1ccccc1OC(F)(F)F. The van der Waals surface area contributed by atoms with Crippen LogP contribution in [0.4, 0.5) is 36.6 Å².